The molecular weight excluding hydrogens is 197 g/mol. The quantitative estimate of drug-likeness (QED) is 0.637. The van der Waals surface area contributed by atoms with Crippen molar-refractivity contribution in [1.82, 2.24) is 5.32 Å². The van der Waals surface area contributed by atoms with E-state index in [2.05, 4.69) is 5.32 Å². The third-order valence-electron chi connectivity index (χ3n) is 2.18. The minimum atomic E-state index is -0.293. The minimum absolute atomic E-state index is 0.0976. The number of halogens is 1. The third-order valence-corrected chi connectivity index (χ3v) is 2.18. The summed E-state index contributed by atoms with van der Waals surface area (Å²) in [4.78, 5) is 0. The lowest BCUT2D eigenvalue weighted by atomic mass is 10.1. The molecule has 0 unspecified atom stereocenters. The molecular formula is C11H16FNO2. The van der Waals surface area contributed by atoms with Gasteiger partial charge in [0.25, 0.3) is 0 Å². The molecule has 1 aromatic rings. The molecule has 0 aliphatic rings. The van der Waals surface area contributed by atoms with Crippen molar-refractivity contribution < 1.29 is 14.6 Å². The number of rotatable bonds is 6. The average molecular weight is 213 g/mol. The van der Waals surface area contributed by atoms with Crippen LogP contribution in [0.4, 0.5) is 4.39 Å². The van der Waals surface area contributed by atoms with E-state index < -0.39 is 0 Å². The van der Waals surface area contributed by atoms with Crippen LogP contribution in [0.1, 0.15) is 5.56 Å². The van der Waals surface area contributed by atoms with Gasteiger partial charge in [-0.3, -0.25) is 0 Å². The van der Waals surface area contributed by atoms with Crippen LogP contribution in [0, 0.1) is 5.82 Å². The van der Waals surface area contributed by atoms with Gasteiger partial charge < -0.3 is 15.5 Å². The van der Waals surface area contributed by atoms with Crippen molar-refractivity contribution in [1.29, 1.82) is 0 Å². The summed E-state index contributed by atoms with van der Waals surface area (Å²) in [5.74, 6) is -0.242. The fourth-order valence-electron chi connectivity index (χ4n) is 1.30. The summed E-state index contributed by atoms with van der Waals surface area (Å²) in [6.45, 7) is 0.411. The molecule has 4 heteroatoms. The van der Waals surface area contributed by atoms with Crippen LogP contribution in [-0.2, 0) is 6.42 Å². The highest BCUT2D eigenvalue weighted by atomic mass is 19.1. The van der Waals surface area contributed by atoms with Crippen LogP contribution in [-0.4, -0.2) is 36.0 Å². The lowest BCUT2D eigenvalue weighted by molar-refractivity contribution is 0.171. The van der Waals surface area contributed by atoms with Crippen LogP contribution in [0.5, 0.6) is 0 Å². The van der Waals surface area contributed by atoms with Gasteiger partial charge in [0, 0.05) is 0 Å². The first-order valence-corrected chi connectivity index (χ1v) is 4.96. The Hall–Kier alpha value is -0.970. The van der Waals surface area contributed by atoms with Gasteiger partial charge in [-0.1, -0.05) is 12.1 Å². The number of benzene rings is 1. The van der Waals surface area contributed by atoms with E-state index in [9.17, 15) is 4.39 Å². The molecule has 15 heavy (non-hydrogen) atoms. The molecule has 0 amide bonds. The number of aliphatic hydroxyl groups is 2. The highest BCUT2D eigenvalue weighted by Crippen LogP contribution is 2.03. The van der Waals surface area contributed by atoms with Crippen molar-refractivity contribution in [2.24, 2.45) is 0 Å². The molecule has 0 radical (unpaired) electrons. The third kappa shape index (κ3) is 4.38. The Morgan fingerprint density at radius 2 is 2.00 bits per heavy atom. The monoisotopic (exact) mass is 213 g/mol. The van der Waals surface area contributed by atoms with Crippen molar-refractivity contribution in [2.45, 2.75) is 12.5 Å². The first-order valence-electron chi connectivity index (χ1n) is 4.96. The fraction of sp³-hybridized carbons (Fsp3) is 0.455. The van der Waals surface area contributed by atoms with Crippen LogP contribution in [0.2, 0.25) is 0 Å². The highest BCUT2D eigenvalue weighted by Gasteiger charge is 2.03. The highest BCUT2D eigenvalue weighted by molar-refractivity contribution is 5.16. The summed E-state index contributed by atoms with van der Waals surface area (Å²) in [7, 11) is 0. The molecule has 0 saturated carbocycles. The second kappa shape index (κ2) is 6.50. The standard InChI is InChI=1S/C11H16FNO2/c12-10-3-1-2-9(6-10)4-5-13-11(7-14)8-15/h1-3,6,11,13-15H,4-5,7-8H2. The van der Waals surface area contributed by atoms with E-state index in [0.717, 1.165) is 5.56 Å². The van der Waals surface area contributed by atoms with E-state index in [-0.39, 0.29) is 25.1 Å². The summed E-state index contributed by atoms with van der Waals surface area (Å²) in [6, 6.07) is 6.10. The Morgan fingerprint density at radius 1 is 1.27 bits per heavy atom. The van der Waals surface area contributed by atoms with E-state index >= 15 is 0 Å². The Morgan fingerprint density at radius 3 is 2.60 bits per heavy atom. The summed E-state index contributed by atoms with van der Waals surface area (Å²) < 4.78 is 12.8. The molecule has 0 aliphatic carbocycles. The van der Waals surface area contributed by atoms with Gasteiger partial charge in [-0.05, 0) is 30.7 Å². The summed E-state index contributed by atoms with van der Waals surface area (Å²) in [5.41, 5.74) is 0.900. The summed E-state index contributed by atoms with van der Waals surface area (Å²) in [6.07, 6.45) is 0.675. The van der Waals surface area contributed by atoms with E-state index in [0.29, 0.717) is 13.0 Å². The molecule has 0 heterocycles. The van der Waals surface area contributed by atoms with Gasteiger partial charge in [-0.15, -0.1) is 0 Å². The fourth-order valence-corrected chi connectivity index (χ4v) is 1.30. The molecule has 0 atom stereocenters. The molecule has 0 fully saturated rings. The molecule has 3 nitrogen and oxygen atoms in total. The van der Waals surface area contributed by atoms with E-state index in [1.165, 1.54) is 12.1 Å². The van der Waals surface area contributed by atoms with E-state index in [1.807, 2.05) is 6.07 Å². The molecule has 0 aromatic heterocycles. The van der Waals surface area contributed by atoms with Crippen LogP contribution >= 0.6 is 0 Å². The maximum absolute atomic E-state index is 12.8. The van der Waals surface area contributed by atoms with Crippen molar-refractivity contribution in [3.63, 3.8) is 0 Å². The Kier molecular flexibility index (Phi) is 5.25. The van der Waals surface area contributed by atoms with Gasteiger partial charge >= 0.3 is 0 Å². The zero-order valence-electron chi connectivity index (χ0n) is 8.49. The van der Waals surface area contributed by atoms with Crippen molar-refractivity contribution in [3.8, 4) is 0 Å². The van der Waals surface area contributed by atoms with Gasteiger partial charge in [0.1, 0.15) is 5.82 Å². The Bertz CT molecular complexity index is 290. The van der Waals surface area contributed by atoms with Crippen LogP contribution in [0.25, 0.3) is 0 Å². The minimum Gasteiger partial charge on any atom is -0.395 e. The number of hydrogen-bond donors (Lipinski definition) is 3. The van der Waals surface area contributed by atoms with Crippen LogP contribution in [0.3, 0.4) is 0 Å². The van der Waals surface area contributed by atoms with Crippen molar-refractivity contribution in [3.05, 3.63) is 35.6 Å². The maximum Gasteiger partial charge on any atom is 0.123 e. The molecule has 3 N–H and O–H groups in total. The molecule has 0 spiro atoms. The van der Waals surface area contributed by atoms with Gasteiger partial charge in [0.2, 0.25) is 0 Å². The zero-order chi connectivity index (χ0) is 11.1. The van der Waals surface area contributed by atoms with Gasteiger partial charge in [0.05, 0.1) is 19.3 Å². The lowest BCUT2D eigenvalue weighted by Gasteiger charge is -2.12. The molecule has 1 aromatic carbocycles. The summed E-state index contributed by atoms with van der Waals surface area (Å²) >= 11 is 0. The Balaban J connectivity index is 2.31. The van der Waals surface area contributed by atoms with Crippen LogP contribution < -0.4 is 5.32 Å². The van der Waals surface area contributed by atoms with Gasteiger partial charge in [0.15, 0.2) is 0 Å². The number of nitrogens with one attached hydrogen (secondary N) is 1. The molecule has 0 saturated heterocycles. The predicted molar refractivity (Wildman–Crippen MR) is 56.1 cm³/mol. The zero-order valence-corrected chi connectivity index (χ0v) is 8.49. The lowest BCUT2D eigenvalue weighted by Crippen LogP contribution is -2.36. The average Bonchev–Trinajstić information content (AvgIpc) is 2.25. The SMILES string of the molecule is OCC(CO)NCCc1cccc(F)c1. The largest absolute Gasteiger partial charge is 0.395 e. The smallest absolute Gasteiger partial charge is 0.123 e. The maximum atomic E-state index is 12.8. The van der Waals surface area contributed by atoms with Crippen molar-refractivity contribution in [2.75, 3.05) is 19.8 Å². The topological polar surface area (TPSA) is 52.5 Å². The van der Waals surface area contributed by atoms with E-state index in [1.54, 1.807) is 6.07 Å². The number of aliphatic hydroxyl groups excluding tert-OH is 2. The molecule has 84 valence electrons. The predicted octanol–water partition coefficient (Wildman–Crippen LogP) is 0.311. The molecule has 1 rings (SSSR count). The number of hydrogen-bond acceptors (Lipinski definition) is 3. The summed E-state index contributed by atoms with van der Waals surface area (Å²) in [5, 5.41) is 20.5. The second-order valence-electron chi connectivity index (χ2n) is 3.40. The Labute approximate surface area is 88.6 Å². The molecule has 0 aliphatic heterocycles. The first kappa shape index (κ1) is 12.1. The van der Waals surface area contributed by atoms with Gasteiger partial charge in [-0.2, -0.15) is 0 Å². The molecule has 0 bridgehead atoms. The van der Waals surface area contributed by atoms with Crippen LogP contribution in [0.15, 0.2) is 24.3 Å². The van der Waals surface area contributed by atoms with E-state index in [4.69, 9.17) is 10.2 Å². The normalized spacial score (nSPS) is 10.9. The van der Waals surface area contributed by atoms with Crippen molar-refractivity contribution >= 4 is 0 Å². The second-order valence-corrected chi connectivity index (χ2v) is 3.40. The first-order chi connectivity index (χ1) is 7.26. The van der Waals surface area contributed by atoms with Gasteiger partial charge in [-0.25, -0.2) is 4.39 Å².